The maximum Gasteiger partial charge on any atom is 0.295 e. The van der Waals surface area contributed by atoms with Gasteiger partial charge in [0, 0.05) is 25.8 Å². The van der Waals surface area contributed by atoms with Crippen molar-refractivity contribution in [2.45, 2.75) is 39.7 Å². The van der Waals surface area contributed by atoms with Crippen LogP contribution in [0.4, 0.5) is 0 Å². The standard InChI is InChI=1S/C29H37NO7/c1-6-36-22-10-7-9-21(17-22)27(31)25-26(30(14-8-15-34-4)29(33)28(25)32)20-11-12-23(24(18-20)35-5)37-16-13-19(2)3/h7,9-12,17-19,26,31H,6,8,13-16H2,1-5H3. The van der Waals surface area contributed by atoms with Gasteiger partial charge in [0.15, 0.2) is 11.5 Å². The number of Topliss-reactive ketones (excluding diaryl/α,β-unsaturated/α-hetero) is 1. The van der Waals surface area contributed by atoms with Crippen LogP contribution in [0.15, 0.2) is 48.0 Å². The number of nitrogens with zero attached hydrogens (tertiary/aromatic N) is 1. The van der Waals surface area contributed by atoms with Crippen molar-refractivity contribution >= 4 is 17.4 Å². The van der Waals surface area contributed by atoms with E-state index >= 15 is 0 Å². The van der Waals surface area contributed by atoms with Gasteiger partial charge in [0.1, 0.15) is 11.5 Å². The minimum Gasteiger partial charge on any atom is -0.507 e. The molecule has 1 fully saturated rings. The summed E-state index contributed by atoms with van der Waals surface area (Å²) >= 11 is 0. The van der Waals surface area contributed by atoms with Crippen LogP contribution < -0.4 is 14.2 Å². The first kappa shape index (κ1) is 28.1. The summed E-state index contributed by atoms with van der Waals surface area (Å²) in [7, 11) is 3.13. The van der Waals surface area contributed by atoms with E-state index in [0.29, 0.717) is 60.5 Å². The van der Waals surface area contributed by atoms with Crippen LogP contribution >= 0.6 is 0 Å². The van der Waals surface area contributed by atoms with Crippen molar-refractivity contribution in [3.63, 3.8) is 0 Å². The lowest BCUT2D eigenvalue weighted by Crippen LogP contribution is -2.31. The highest BCUT2D eigenvalue weighted by atomic mass is 16.5. The van der Waals surface area contributed by atoms with Crippen molar-refractivity contribution in [3.8, 4) is 17.2 Å². The highest BCUT2D eigenvalue weighted by Gasteiger charge is 2.46. The van der Waals surface area contributed by atoms with E-state index in [1.807, 2.05) is 6.92 Å². The third-order valence-corrected chi connectivity index (χ3v) is 6.16. The number of aliphatic hydroxyl groups excluding tert-OH is 1. The van der Waals surface area contributed by atoms with Gasteiger partial charge in [-0.3, -0.25) is 9.59 Å². The number of ether oxygens (including phenoxy) is 4. The Morgan fingerprint density at radius 2 is 1.81 bits per heavy atom. The summed E-state index contributed by atoms with van der Waals surface area (Å²) in [5.74, 6) is 0.461. The van der Waals surface area contributed by atoms with Gasteiger partial charge >= 0.3 is 0 Å². The van der Waals surface area contributed by atoms with Gasteiger partial charge in [-0.1, -0.05) is 32.0 Å². The molecule has 1 aliphatic rings. The Morgan fingerprint density at radius 1 is 1.03 bits per heavy atom. The van der Waals surface area contributed by atoms with Crippen molar-refractivity contribution in [1.29, 1.82) is 0 Å². The van der Waals surface area contributed by atoms with Crippen molar-refractivity contribution in [1.82, 2.24) is 4.90 Å². The Kier molecular flexibility index (Phi) is 9.97. The lowest BCUT2D eigenvalue weighted by atomic mass is 9.95. The Morgan fingerprint density at radius 3 is 2.49 bits per heavy atom. The minimum absolute atomic E-state index is 0.0200. The molecule has 0 bridgehead atoms. The van der Waals surface area contributed by atoms with Crippen LogP contribution in [0.5, 0.6) is 17.2 Å². The van der Waals surface area contributed by atoms with E-state index in [9.17, 15) is 14.7 Å². The fraction of sp³-hybridized carbons (Fsp3) is 0.448. The van der Waals surface area contributed by atoms with E-state index < -0.39 is 17.7 Å². The average Bonchev–Trinajstić information content (AvgIpc) is 3.13. The van der Waals surface area contributed by atoms with Crippen LogP contribution in [0, 0.1) is 5.92 Å². The van der Waals surface area contributed by atoms with Crippen LogP contribution in [-0.4, -0.2) is 62.3 Å². The number of carbonyl (C=O) groups excluding carboxylic acids is 2. The molecule has 1 amide bonds. The minimum atomic E-state index is -0.800. The van der Waals surface area contributed by atoms with E-state index in [1.165, 1.54) is 4.90 Å². The first-order valence-corrected chi connectivity index (χ1v) is 12.6. The molecule has 1 saturated heterocycles. The quantitative estimate of drug-likeness (QED) is 0.175. The summed E-state index contributed by atoms with van der Waals surface area (Å²) in [5.41, 5.74) is 1.05. The predicted molar refractivity (Wildman–Crippen MR) is 141 cm³/mol. The van der Waals surface area contributed by atoms with Crippen molar-refractivity contribution in [2.24, 2.45) is 5.92 Å². The topological polar surface area (TPSA) is 94.5 Å². The maximum atomic E-state index is 13.3. The van der Waals surface area contributed by atoms with Crippen LogP contribution in [0.3, 0.4) is 0 Å². The largest absolute Gasteiger partial charge is 0.507 e. The normalized spacial score (nSPS) is 16.9. The van der Waals surface area contributed by atoms with Gasteiger partial charge in [-0.25, -0.2) is 0 Å². The Hall–Kier alpha value is -3.52. The zero-order valence-electron chi connectivity index (χ0n) is 22.3. The molecule has 2 aromatic carbocycles. The van der Waals surface area contributed by atoms with Crippen molar-refractivity contribution < 1.29 is 33.6 Å². The molecule has 1 heterocycles. The Balaban J connectivity index is 2.08. The molecule has 0 spiro atoms. The summed E-state index contributed by atoms with van der Waals surface area (Å²) < 4.78 is 22.2. The Labute approximate surface area is 218 Å². The number of aliphatic hydroxyl groups is 1. The molecule has 1 N–H and O–H groups in total. The van der Waals surface area contributed by atoms with E-state index in [4.69, 9.17) is 18.9 Å². The smallest absolute Gasteiger partial charge is 0.295 e. The summed E-state index contributed by atoms with van der Waals surface area (Å²) in [6.45, 7) is 7.83. The number of benzene rings is 2. The van der Waals surface area contributed by atoms with Crippen LogP contribution in [-0.2, 0) is 14.3 Å². The number of ketones is 1. The summed E-state index contributed by atoms with van der Waals surface area (Å²) in [5, 5.41) is 11.3. The van der Waals surface area contributed by atoms with Gasteiger partial charge < -0.3 is 29.0 Å². The van der Waals surface area contributed by atoms with E-state index in [2.05, 4.69) is 13.8 Å². The number of methoxy groups -OCH3 is 2. The average molecular weight is 512 g/mol. The predicted octanol–water partition coefficient (Wildman–Crippen LogP) is 4.98. The van der Waals surface area contributed by atoms with Gasteiger partial charge in [0.25, 0.3) is 11.7 Å². The monoisotopic (exact) mass is 511 g/mol. The number of carbonyl (C=O) groups is 2. The van der Waals surface area contributed by atoms with Gasteiger partial charge in [-0.15, -0.1) is 0 Å². The fourth-order valence-electron chi connectivity index (χ4n) is 4.27. The van der Waals surface area contributed by atoms with Gasteiger partial charge in [-0.05, 0) is 55.5 Å². The number of rotatable bonds is 13. The second kappa shape index (κ2) is 13.1. The number of hydrogen-bond donors (Lipinski definition) is 1. The van der Waals surface area contributed by atoms with Crippen LogP contribution in [0.2, 0.25) is 0 Å². The zero-order chi connectivity index (χ0) is 26.9. The number of likely N-dealkylation sites (tertiary alicyclic amines) is 1. The zero-order valence-corrected chi connectivity index (χ0v) is 22.3. The molecule has 1 aliphatic heterocycles. The number of hydrogen-bond acceptors (Lipinski definition) is 7. The lowest BCUT2D eigenvalue weighted by molar-refractivity contribution is -0.140. The first-order chi connectivity index (χ1) is 17.8. The molecule has 37 heavy (non-hydrogen) atoms. The second-order valence-corrected chi connectivity index (χ2v) is 9.24. The molecule has 1 atom stereocenters. The van der Waals surface area contributed by atoms with Crippen molar-refractivity contribution in [3.05, 3.63) is 59.2 Å². The van der Waals surface area contributed by atoms with Gasteiger partial charge in [0.05, 0.1) is 31.9 Å². The third kappa shape index (κ3) is 6.63. The maximum absolute atomic E-state index is 13.3. The molecule has 8 nitrogen and oxygen atoms in total. The van der Waals surface area contributed by atoms with Crippen LogP contribution in [0.1, 0.15) is 50.8 Å². The molecule has 0 saturated carbocycles. The van der Waals surface area contributed by atoms with Crippen LogP contribution in [0.25, 0.3) is 5.76 Å². The Bertz CT molecular complexity index is 1120. The molecular formula is C29H37NO7. The molecular weight excluding hydrogens is 474 g/mol. The van der Waals surface area contributed by atoms with E-state index in [1.54, 1.807) is 56.7 Å². The third-order valence-electron chi connectivity index (χ3n) is 6.16. The summed E-state index contributed by atoms with van der Waals surface area (Å²) in [6, 6.07) is 11.4. The molecule has 0 radical (unpaired) electrons. The molecule has 0 aromatic heterocycles. The molecule has 200 valence electrons. The van der Waals surface area contributed by atoms with E-state index in [0.717, 1.165) is 6.42 Å². The summed E-state index contributed by atoms with van der Waals surface area (Å²) in [6.07, 6.45) is 1.43. The molecule has 1 unspecified atom stereocenters. The first-order valence-electron chi connectivity index (χ1n) is 12.6. The molecule has 2 aromatic rings. The molecule has 8 heteroatoms. The second-order valence-electron chi connectivity index (χ2n) is 9.24. The van der Waals surface area contributed by atoms with Gasteiger partial charge in [0.2, 0.25) is 0 Å². The van der Waals surface area contributed by atoms with E-state index in [-0.39, 0.29) is 17.9 Å². The SMILES string of the molecule is CCOc1cccc(C(O)=C2C(=O)C(=O)N(CCCOC)C2c2ccc(OCCC(C)C)c(OC)c2)c1. The summed E-state index contributed by atoms with van der Waals surface area (Å²) in [4.78, 5) is 27.9. The fourth-order valence-corrected chi connectivity index (χ4v) is 4.27. The van der Waals surface area contributed by atoms with Crippen molar-refractivity contribution in [2.75, 3.05) is 40.6 Å². The lowest BCUT2D eigenvalue weighted by Gasteiger charge is -2.26. The highest BCUT2D eigenvalue weighted by molar-refractivity contribution is 6.46. The number of amides is 1. The van der Waals surface area contributed by atoms with Gasteiger partial charge in [-0.2, -0.15) is 0 Å². The highest BCUT2D eigenvalue weighted by Crippen LogP contribution is 2.42. The molecule has 0 aliphatic carbocycles. The molecule has 3 rings (SSSR count).